The molecule has 4 rings (SSSR count). The second kappa shape index (κ2) is 9.97. The van der Waals surface area contributed by atoms with E-state index in [2.05, 4.69) is 17.6 Å². The van der Waals surface area contributed by atoms with Crippen LogP contribution in [0, 0.1) is 0 Å². The lowest BCUT2D eigenvalue weighted by Gasteiger charge is -2.06. The molecule has 9 heteroatoms. The van der Waals surface area contributed by atoms with Crippen molar-refractivity contribution < 1.29 is 14.3 Å². The summed E-state index contributed by atoms with van der Waals surface area (Å²) in [5, 5.41) is 13.4. The number of rotatable bonds is 9. The van der Waals surface area contributed by atoms with Gasteiger partial charge in [-0.05, 0) is 54.6 Å². The smallest absolute Gasteiger partial charge is 0.261 e. The first-order valence-electron chi connectivity index (χ1n) is 10.4. The Morgan fingerprint density at radius 3 is 2.41 bits per heavy atom. The van der Waals surface area contributed by atoms with Crippen molar-refractivity contribution in [3.63, 3.8) is 0 Å². The molecule has 0 unspecified atom stereocenters. The third-order valence-electron chi connectivity index (χ3n) is 4.98. The number of hydrogen-bond donors (Lipinski definition) is 2. The molecule has 3 heterocycles. The van der Waals surface area contributed by atoms with E-state index in [4.69, 9.17) is 9.84 Å². The number of ether oxygens (including phenoxy) is 1. The molecule has 7 nitrogen and oxygen atoms in total. The summed E-state index contributed by atoms with van der Waals surface area (Å²) in [6.45, 7) is 3.06. The SMILES string of the molecule is CCc1nn(-c2ccc(OC)cc2)c2sc(C(=O)NCCCNC(=O)c3cccs3)cc12. The van der Waals surface area contributed by atoms with Crippen LogP contribution in [0.15, 0.2) is 47.8 Å². The molecule has 0 aliphatic carbocycles. The van der Waals surface area contributed by atoms with Crippen LogP contribution in [0.2, 0.25) is 0 Å². The topological polar surface area (TPSA) is 85.2 Å². The Kier molecular flexibility index (Phi) is 6.87. The van der Waals surface area contributed by atoms with Crippen molar-refractivity contribution in [2.24, 2.45) is 0 Å². The summed E-state index contributed by atoms with van der Waals surface area (Å²) in [5.74, 6) is 0.593. The van der Waals surface area contributed by atoms with Crippen molar-refractivity contribution in [2.75, 3.05) is 20.2 Å². The summed E-state index contributed by atoms with van der Waals surface area (Å²) in [6, 6.07) is 13.3. The summed E-state index contributed by atoms with van der Waals surface area (Å²) in [5.41, 5.74) is 1.88. The van der Waals surface area contributed by atoms with Crippen LogP contribution in [0.4, 0.5) is 0 Å². The van der Waals surface area contributed by atoms with Crippen LogP contribution < -0.4 is 15.4 Å². The van der Waals surface area contributed by atoms with Gasteiger partial charge in [0.1, 0.15) is 10.6 Å². The Bertz CT molecular complexity index is 1210. The largest absolute Gasteiger partial charge is 0.497 e. The van der Waals surface area contributed by atoms with E-state index >= 15 is 0 Å². The third-order valence-corrected chi connectivity index (χ3v) is 6.96. The van der Waals surface area contributed by atoms with Crippen LogP contribution in [0.25, 0.3) is 15.9 Å². The molecule has 0 saturated carbocycles. The Balaban J connectivity index is 1.39. The van der Waals surface area contributed by atoms with Crippen molar-refractivity contribution >= 4 is 44.7 Å². The second-order valence-corrected chi connectivity index (χ2v) is 9.06. The maximum absolute atomic E-state index is 12.7. The van der Waals surface area contributed by atoms with Crippen molar-refractivity contribution in [1.82, 2.24) is 20.4 Å². The normalized spacial score (nSPS) is 10.9. The number of hydrogen-bond acceptors (Lipinski definition) is 6. The average molecular weight is 469 g/mol. The fraction of sp³-hybridized carbons (Fsp3) is 0.261. The number of nitrogens with one attached hydrogen (secondary N) is 2. The molecule has 2 N–H and O–H groups in total. The Hall–Kier alpha value is -3.17. The van der Waals surface area contributed by atoms with Gasteiger partial charge >= 0.3 is 0 Å². The van der Waals surface area contributed by atoms with Gasteiger partial charge in [-0.3, -0.25) is 9.59 Å². The number of carbonyl (C=O) groups is 2. The maximum atomic E-state index is 12.7. The van der Waals surface area contributed by atoms with E-state index in [-0.39, 0.29) is 11.8 Å². The van der Waals surface area contributed by atoms with Gasteiger partial charge in [-0.1, -0.05) is 13.0 Å². The molecule has 0 bridgehead atoms. The number of nitrogens with zero attached hydrogens (tertiary/aromatic N) is 2. The van der Waals surface area contributed by atoms with E-state index in [0.717, 1.165) is 33.8 Å². The first-order valence-corrected chi connectivity index (χ1v) is 12.1. The predicted molar refractivity (Wildman–Crippen MR) is 128 cm³/mol. The fourth-order valence-corrected chi connectivity index (χ4v) is 5.02. The van der Waals surface area contributed by atoms with Crippen LogP contribution in [-0.4, -0.2) is 41.8 Å². The van der Waals surface area contributed by atoms with Gasteiger partial charge in [0, 0.05) is 18.5 Å². The minimum Gasteiger partial charge on any atom is -0.497 e. The number of aromatic nitrogens is 2. The van der Waals surface area contributed by atoms with Gasteiger partial charge in [-0.2, -0.15) is 5.10 Å². The first-order chi connectivity index (χ1) is 15.6. The number of thiophene rings is 2. The molecule has 2 amide bonds. The van der Waals surface area contributed by atoms with Crippen molar-refractivity contribution in [3.8, 4) is 11.4 Å². The summed E-state index contributed by atoms with van der Waals surface area (Å²) < 4.78 is 7.12. The molecule has 3 aromatic heterocycles. The molecule has 0 radical (unpaired) electrons. The average Bonchev–Trinajstić information content (AvgIpc) is 3.55. The van der Waals surface area contributed by atoms with Crippen molar-refractivity contribution in [3.05, 3.63) is 63.3 Å². The number of benzene rings is 1. The monoisotopic (exact) mass is 468 g/mol. The molecule has 0 spiro atoms. The van der Waals surface area contributed by atoms with Crippen LogP contribution in [0.5, 0.6) is 5.75 Å². The van der Waals surface area contributed by atoms with E-state index in [1.165, 1.54) is 22.7 Å². The molecule has 0 aliphatic heterocycles. The van der Waals surface area contributed by atoms with E-state index in [0.29, 0.717) is 29.3 Å². The van der Waals surface area contributed by atoms with Crippen LogP contribution >= 0.6 is 22.7 Å². The fourth-order valence-electron chi connectivity index (χ4n) is 3.31. The third kappa shape index (κ3) is 4.68. The van der Waals surface area contributed by atoms with Crippen LogP contribution in [-0.2, 0) is 6.42 Å². The van der Waals surface area contributed by atoms with Gasteiger partial charge < -0.3 is 15.4 Å². The lowest BCUT2D eigenvalue weighted by Crippen LogP contribution is -2.29. The zero-order chi connectivity index (χ0) is 22.5. The Morgan fingerprint density at radius 1 is 1.06 bits per heavy atom. The molecule has 0 fully saturated rings. The molecule has 32 heavy (non-hydrogen) atoms. The highest BCUT2D eigenvalue weighted by Gasteiger charge is 2.18. The predicted octanol–water partition coefficient (Wildman–Crippen LogP) is 4.27. The Morgan fingerprint density at radius 2 is 1.78 bits per heavy atom. The quantitative estimate of drug-likeness (QED) is 0.359. The molecule has 4 aromatic rings. The highest BCUT2D eigenvalue weighted by molar-refractivity contribution is 7.20. The first kappa shape index (κ1) is 22.0. The zero-order valence-corrected chi connectivity index (χ0v) is 19.5. The zero-order valence-electron chi connectivity index (χ0n) is 17.9. The molecule has 0 aliphatic rings. The Labute approximate surface area is 194 Å². The number of methoxy groups -OCH3 is 1. The summed E-state index contributed by atoms with van der Waals surface area (Å²) in [7, 11) is 1.64. The minimum atomic E-state index is -0.112. The molecule has 0 atom stereocenters. The lowest BCUT2D eigenvalue weighted by molar-refractivity contribution is 0.0956. The molecular formula is C23H24N4O3S2. The van der Waals surface area contributed by atoms with Crippen LogP contribution in [0.1, 0.15) is 38.4 Å². The van der Waals surface area contributed by atoms with E-state index in [1.54, 1.807) is 13.2 Å². The number of aryl methyl sites for hydroxylation is 1. The van der Waals surface area contributed by atoms with E-state index < -0.39 is 0 Å². The molecule has 166 valence electrons. The summed E-state index contributed by atoms with van der Waals surface area (Å²) in [6.07, 6.45) is 1.44. The highest BCUT2D eigenvalue weighted by Crippen LogP contribution is 2.31. The molecular weight excluding hydrogens is 444 g/mol. The number of fused-ring (bicyclic) bond motifs is 1. The number of carbonyl (C=O) groups excluding carboxylic acids is 2. The minimum absolute atomic E-state index is 0.0778. The lowest BCUT2D eigenvalue weighted by atomic mass is 10.2. The molecule has 1 aromatic carbocycles. The van der Waals surface area contributed by atoms with Gasteiger partial charge in [0.25, 0.3) is 11.8 Å². The van der Waals surface area contributed by atoms with Gasteiger partial charge in [0.15, 0.2) is 0 Å². The van der Waals surface area contributed by atoms with Crippen LogP contribution in [0.3, 0.4) is 0 Å². The van der Waals surface area contributed by atoms with E-state index in [9.17, 15) is 9.59 Å². The van der Waals surface area contributed by atoms with Gasteiger partial charge in [0.2, 0.25) is 0 Å². The van der Waals surface area contributed by atoms with E-state index in [1.807, 2.05) is 46.5 Å². The van der Waals surface area contributed by atoms with Crippen molar-refractivity contribution in [1.29, 1.82) is 0 Å². The highest BCUT2D eigenvalue weighted by atomic mass is 32.1. The maximum Gasteiger partial charge on any atom is 0.261 e. The van der Waals surface area contributed by atoms with Gasteiger partial charge in [-0.25, -0.2) is 4.68 Å². The summed E-state index contributed by atoms with van der Waals surface area (Å²) in [4.78, 5) is 26.9. The van der Waals surface area contributed by atoms with Gasteiger partial charge in [0.05, 0.1) is 28.2 Å². The standard InChI is InChI=1S/C23H24N4O3S2/c1-3-18-17-14-20(22(29)25-12-5-11-24-21(28)19-6-4-13-31-19)32-23(17)27(26-18)15-7-9-16(30-2)10-8-15/h4,6-10,13-14H,3,5,11-12H2,1-2H3,(H,24,28)(H,25,29). The molecule has 0 saturated heterocycles. The van der Waals surface area contributed by atoms with Gasteiger partial charge in [-0.15, -0.1) is 22.7 Å². The number of amides is 2. The second-order valence-electron chi connectivity index (χ2n) is 7.08. The van der Waals surface area contributed by atoms with Crippen molar-refractivity contribution in [2.45, 2.75) is 19.8 Å². The summed E-state index contributed by atoms with van der Waals surface area (Å²) >= 11 is 2.84.